The summed E-state index contributed by atoms with van der Waals surface area (Å²) >= 11 is 6.07. The summed E-state index contributed by atoms with van der Waals surface area (Å²) in [4.78, 5) is 0. The van der Waals surface area contributed by atoms with Gasteiger partial charge < -0.3 is 10.5 Å². The second kappa shape index (κ2) is 6.51. The minimum atomic E-state index is 0.243. The Balaban J connectivity index is 2.20. The van der Waals surface area contributed by atoms with Gasteiger partial charge in [0.2, 0.25) is 0 Å². The number of aromatic nitrogens is 2. The highest BCUT2D eigenvalue weighted by atomic mass is 35.5. The second-order valence-corrected chi connectivity index (χ2v) is 5.54. The molecule has 0 saturated heterocycles. The lowest BCUT2D eigenvalue weighted by atomic mass is 10.2. The Hall–Kier alpha value is -2.19. The Kier molecular flexibility index (Phi) is 4.71. The van der Waals surface area contributed by atoms with E-state index in [2.05, 4.69) is 18.9 Å². The van der Waals surface area contributed by atoms with Crippen LogP contribution in [0.25, 0.3) is 0 Å². The highest BCUT2D eigenvalue weighted by molar-refractivity contribution is 6.31. The third-order valence-electron chi connectivity index (χ3n) is 2.93. The van der Waals surface area contributed by atoms with Crippen LogP contribution in [-0.4, -0.2) is 9.78 Å². The molecule has 6 heteroatoms. The van der Waals surface area contributed by atoms with Crippen LogP contribution in [0.3, 0.4) is 0 Å². The summed E-state index contributed by atoms with van der Waals surface area (Å²) in [5, 5.41) is 14.1. The third-order valence-corrected chi connectivity index (χ3v) is 3.30. The number of benzene rings is 1. The molecule has 0 bridgehead atoms. The highest BCUT2D eigenvalue weighted by Crippen LogP contribution is 2.25. The number of nitrogen functional groups attached to an aromatic ring is 1. The standard InChI is InChI=1S/C15H17ClN4O/c1-10(2)8-20-14(18)12(7-17)15(19-20)21-9-11-5-3-4-6-13(11)16/h3-6,10H,8-9,18H2,1-2H3. The van der Waals surface area contributed by atoms with Gasteiger partial charge in [0.05, 0.1) is 0 Å². The molecular weight excluding hydrogens is 288 g/mol. The summed E-state index contributed by atoms with van der Waals surface area (Å²) in [7, 11) is 0. The molecule has 21 heavy (non-hydrogen) atoms. The van der Waals surface area contributed by atoms with Crippen molar-refractivity contribution in [2.24, 2.45) is 5.92 Å². The molecular formula is C15H17ClN4O. The zero-order valence-electron chi connectivity index (χ0n) is 12.0. The van der Waals surface area contributed by atoms with Gasteiger partial charge in [0, 0.05) is 17.1 Å². The molecule has 1 aromatic heterocycles. The van der Waals surface area contributed by atoms with Gasteiger partial charge in [-0.1, -0.05) is 43.6 Å². The van der Waals surface area contributed by atoms with Crippen molar-refractivity contribution in [2.75, 3.05) is 5.73 Å². The molecule has 0 saturated carbocycles. The quantitative estimate of drug-likeness (QED) is 0.920. The fourth-order valence-corrected chi connectivity index (χ4v) is 2.10. The lowest BCUT2D eigenvalue weighted by Crippen LogP contribution is -2.09. The Morgan fingerprint density at radius 2 is 2.14 bits per heavy atom. The summed E-state index contributed by atoms with van der Waals surface area (Å²) in [6.45, 7) is 4.98. The molecule has 2 N–H and O–H groups in total. The maximum atomic E-state index is 9.21. The van der Waals surface area contributed by atoms with Crippen molar-refractivity contribution in [1.29, 1.82) is 5.26 Å². The fraction of sp³-hybridized carbons (Fsp3) is 0.333. The highest BCUT2D eigenvalue weighted by Gasteiger charge is 2.17. The molecule has 2 aromatic rings. The van der Waals surface area contributed by atoms with E-state index in [1.807, 2.05) is 24.3 Å². The van der Waals surface area contributed by atoms with Crippen LogP contribution in [0, 0.1) is 17.2 Å². The third kappa shape index (κ3) is 3.47. The van der Waals surface area contributed by atoms with E-state index >= 15 is 0 Å². The number of hydrogen-bond donors (Lipinski definition) is 1. The predicted octanol–water partition coefficient (Wildman–Crippen LogP) is 3.23. The molecule has 0 amide bonds. The van der Waals surface area contributed by atoms with E-state index in [4.69, 9.17) is 22.1 Å². The number of anilines is 1. The van der Waals surface area contributed by atoms with Gasteiger partial charge in [-0.05, 0) is 12.0 Å². The van der Waals surface area contributed by atoms with Gasteiger partial charge in [-0.2, -0.15) is 5.26 Å². The van der Waals surface area contributed by atoms with Crippen molar-refractivity contribution in [3.8, 4) is 11.9 Å². The van der Waals surface area contributed by atoms with E-state index in [1.54, 1.807) is 10.7 Å². The first-order valence-corrected chi connectivity index (χ1v) is 7.03. The molecule has 0 atom stereocenters. The van der Waals surface area contributed by atoms with Crippen LogP contribution < -0.4 is 10.5 Å². The molecule has 2 rings (SSSR count). The van der Waals surface area contributed by atoms with Crippen LogP contribution in [0.2, 0.25) is 5.02 Å². The van der Waals surface area contributed by atoms with Crippen molar-refractivity contribution >= 4 is 17.4 Å². The Labute approximate surface area is 128 Å². The Morgan fingerprint density at radius 1 is 1.43 bits per heavy atom. The average molecular weight is 305 g/mol. The Bertz CT molecular complexity index is 673. The van der Waals surface area contributed by atoms with Crippen molar-refractivity contribution in [1.82, 2.24) is 9.78 Å². The van der Waals surface area contributed by atoms with E-state index in [-0.39, 0.29) is 18.1 Å². The summed E-state index contributed by atoms with van der Waals surface area (Å²) in [5.74, 6) is 0.950. The Morgan fingerprint density at radius 3 is 2.76 bits per heavy atom. The van der Waals surface area contributed by atoms with E-state index < -0.39 is 0 Å². The van der Waals surface area contributed by atoms with Crippen LogP contribution in [0.1, 0.15) is 25.0 Å². The molecule has 0 radical (unpaired) electrons. The first-order valence-electron chi connectivity index (χ1n) is 6.65. The maximum Gasteiger partial charge on any atom is 0.253 e. The molecule has 110 valence electrons. The normalized spacial score (nSPS) is 10.6. The molecule has 5 nitrogen and oxygen atoms in total. The zero-order chi connectivity index (χ0) is 15.4. The molecule has 1 aromatic carbocycles. The van der Waals surface area contributed by atoms with Gasteiger partial charge in [-0.15, -0.1) is 5.10 Å². The number of rotatable bonds is 5. The molecule has 0 fully saturated rings. The SMILES string of the molecule is CC(C)Cn1nc(OCc2ccccc2Cl)c(C#N)c1N. The topological polar surface area (TPSA) is 76.9 Å². The van der Waals surface area contributed by atoms with Gasteiger partial charge in [0.15, 0.2) is 5.56 Å². The second-order valence-electron chi connectivity index (χ2n) is 5.13. The van der Waals surface area contributed by atoms with Crippen molar-refractivity contribution in [2.45, 2.75) is 27.0 Å². The van der Waals surface area contributed by atoms with E-state index in [9.17, 15) is 5.26 Å². The van der Waals surface area contributed by atoms with Crippen molar-refractivity contribution in [3.05, 3.63) is 40.4 Å². The molecule has 0 aliphatic rings. The average Bonchev–Trinajstić information content (AvgIpc) is 2.73. The maximum absolute atomic E-state index is 9.21. The van der Waals surface area contributed by atoms with Crippen molar-refractivity contribution < 1.29 is 4.74 Å². The van der Waals surface area contributed by atoms with E-state index in [0.717, 1.165) is 5.56 Å². The van der Waals surface area contributed by atoms with Crippen LogP contribution >= 0.6 is 11.6 Å². The first-order chi connectivity index (χ1) is 10.0. The fourth-order valence-electron chi connectivity index (χ4n) is 1.90. The number of hydrogen-bond acceptors (Lipinski definition) is 4. The summed E-state index contributed by atoms with van der Waals surface area (Å²) in [6.07, 6.45) is 0. The van der Waals surface area contributed by atoms with Crippen molar-refractivity contribution in [3.63, 3.8) is 0 Å². The number of nitrogens with two attached hydrogens (primary N) is 1. The smallest absolute Gasteiger partial charge is 0.253 e. The lowest BCUT2D eigenvalue weighted by Gasteiger charge is -2.06. The monoisotopic (exact) mass is 304 g/mol. The summed E-state index contributed by atoms with van der Waals surface area (Å²) < 4.78 is 7.22. The van der Waals surface area contributed by atoms with Gasteiger partial charge in [0.25, 0.3) is 5.88 Å². The van der Waals surface area contributed by atoms with E-state index in [1.165, 1.54) is 0 Å². The number of nitriles is 1. The number of nitrogens with zero attached hydrogens (tertiary/aromatic N) is 3. The molecule has 0 aliphatic heterocycles. The largest absolute Gasteiger partial charge is 0.471 e. The summed E-state index contributed by atoms with van der Waals surface area (Å²) in [5.41, 5.74) is 7.03. The van der Waals surface area contributed by atoms with Crippen LogP contribution in [0.4, 0.5) is 5.82 Å². The van der Waals surface area contributed by atoms with Crippen LogP contribution in [0.15, 0.2) is 24.3 Å². The van der Waals surface area contributed by atoms with Crippen LogP contribution in [-0.2, 0) is 13.2 Å². The number of ether oxygens (including phenoxy) is 1. The molecule has 0 aliphatic carbocycles. The van der Waals surface area contributed by atoms with Gasteiger partial charge in [0.1, 0.15) is 18.5 Å². The number of halogens is 1. The zero-order valence-corrected chi connectivity index (χ0v) is 12.8. The van der Waals surface area contributed by atoms with Crippen LogP contribution in [0.5, 0.6) is 5.88 Å². The predicted molar refractivity (Wildman–Crippen MR) is 82.0 cm³/mol. The molecule has 0 spiro atoms. The minimum Gasteiger partial charge on any atom is -0.471 e. The molecule has 0 unspecified atom stereocenters. The van der Waals surface area contributed by atoms with Gasteiger partial charge >= 0.3 is 0 Å². The van der Waals surface area contributed by atoms with Gasteiger partial charge in [-0.25, -0.2) is 4.68 Å². The first kappa shape index (κ1) is 15.2. The molecule has 1 heterocycles. The lowest BCUT2D eigenvalue weighted by molar-refractivity contribution is 0.287. The summed E-state index contributed by atoms with van der Waals surface area (Å²) in [6, 6.07) is 9.42. The van der Waals surface area contributed by atoms with Gasteiger partial charge in [-0.3, -0.25) is 0 Å². The van der Waals surface area contributed by atoms with E-state index in [0.29, 0.717) is 23.3 Å². The minimum absolute atomic E-state index is 0.243.